The van der Waals surface area contributed by atoms with Crippen molar-refractivity contribution in [1.82, 2.24) is 0 Å². The van der Waals surface area contributed by atoms with Crippen LogP contribution in [0.5, 0.6) is 0 Å². The molecule has 0 heterocycles. The van der Waals surface area contributed by atoms with Crippen molar-refractivity contribution in [3.63, 3.8) is 0 Å². The molecule has 6 heavy (non-hydrogen) atoms. The van der Waals surface area contributed by atoms with E-state index < -0.39 is 0 Å². The summed E-state index contributed by atoms with van der Waals surface area (Å²) in [6.45, 7) is 7.75. The van der Waals surface area contributed by atoms with Gasteiger partial charge in [0.15, 0.2) is 0 Å². The second kappa shape index (κ2) is 9.39. The fourth-order valence-corrected chi connectivity index (χ4v) is 0. The Kier molecular flexibility index (Phi) is 15.8. The van der Waals surface area contributed by atoms with E-state index in [0.29, 0.717) is 5.92 Å². The molecule has 0 fully saturated rings. The van der Waals surface area contributed by atoms with E-state index >= 15 is 0 Å². The molecule has 0 nitrogen and oxygen atoms in total. The molecule has 0 bridgehead atoms. The van der Waals surface area contributed by atoms with Crippen LogP contribution in [0, 0.1) is 12.8 Å². The Labute approximate surface area is 56.6 Å². The molecule has 35 valence electrons. The van der Waals surface area contributed by atoms with Gasteiger partial charge in [-0.1, -0.05) is 20.8 Å². The third-order valence-electron chi connectivity index (χ3n) is 0. The molecule has 0 aliphatic rings. The summed E-state index contributed by atoms with van der Waals surface area (Å²) in [5.41, 5.74) is 0. The first-order valence-corrected chi connectivity index (χ1v) is 5.67. The molecule has 0 aliphatic heterocycles. The molecule has 0 unspecified atom stereocenters. The summed E-state index contributed by atoms with van der Waals surface area (Å²) in [5.74, 6) is 0.583. The van der Waals surface area contributed by atoms with Gasteiger partial charge in [0.1, 0.15) is 0 Å². The van der Waals surface area contributed by atoms with Gasteiger partial charge in [0.05, 0.1) is 0 Å². The Morgan fingerprint density at radius 2 is 1.50 bits per heavy atom. The van der Waals surface area contributed by atoms with Crippen molar-refractivity contribution < 1.29 is 0 Å². The van der Waals surface area contributed by atoms with Gasteiger partial charge in [-0.3, -0.25) is 0 Å². The van der Waals surface area contributed by atoms with Crippen LogP contribution in [0.25, 0.3) is 0 Å². The summed E-state index contributed by atoms with van der Waals surface area (Å²) in [6.07, 6.45) is 0. The van der Waals surface area contributed by atoms with Crippen LogP contribution in [0.3, 0.4) is 0 Å². The minimum absolute atomic E-state index is 0.583. The number of rotatable bonds is 0. The molecule has 0 spiro atoms. The Morgan fingerprint density at radius 3 is 1.50 bits per heavy atom. The zero-order chi connectivity index (χ0) is 5.58. The molecule has 0 saturated heterocycles. The third-order valence-corrected chi connectivity index (χ3v) is 0. The molecule has 0 N–H and O–H groups in total. The van der Waals surface area contributed by atoms with Gasteiger partial charge in [0, 0.05) is 0 Å². The van der Waals surface area contributed by atoms with Gasteiger partial charge in [0.25, 0.3) is 0 Å². The SMILES string of the molecule is [CH2]C(C)C.[S]=[Sn]. The predicted molar refractivity (Wildman–Crippen MR) is 33.5 cm³/mol. The molecule has 0 aromatic rings. The summed E-state index contributed by atoms with van der Waals surface area (Å²) in [4.78, 5) is 0. The van der Waals surface area contributed by atoms with E-state index in [-0.39, 0.29) is 0 Å². The average Bonchev–Trinajstić information content (AvgIpc) is 1.41. The van der Waals surface area contributed by atoms with Crippen molar-refractivity contribution in [2.45, 2.75) is 13.8 Å². The molecule has 0 aromatic heterocycles. The molecule has 0 rings (SSSR count). The van der Waals surface area contributed by atoms with Crippen molar-refractivity contribution >= 4 is 29.9 Å². The Morgan fingerprint density at radius 1 is 1.50 bits per heavy atom. The molecule has 0 aliphatic carbocycles. The maximum atomic E-state index is 4.17. The normalized spacial score (nSPS) is 6.67. The Balaban J connectivity index is 0. The van der Waals surface area contributed by atoms with Crippen molar-refractivity contribution in [3.8, 4) is 0 Å². The van der Waals surface area contributed by atoms with Crippen LogP contribution in [0.1, 0.15) is 13.8 Å². The summed E-state index contributed by atoms with van der Waals surface area (Å²) in [7, 11) is 4.17. The van der Waals surface area contributed by atoms with Gasteiger partial charge in [-0.05, 0) is 5.92 Å². The van der Waals surface area contributed by atoms with Crippen molar-refractivity contribution in [2.75, 3.05) is 0 Å². The molecule has 3 radical (unpaired) electrons. The van der Waals surface area contributed by atoms with Crippen molar-refractivity contribution in [3.05, 3.63) is 6.92 Å². The Hall–Kier alpha value is 1.02. The van der Waals surface area contributed by atoms with Crippen LogP contribution in [0.2, 0.25) is 0 Å². The second-order valence-corrected chi connectivity index (χ2v) is 1.39. The van der Waals surface area contributed by atoms with Crippen LogP contribution in [0.4, 0.5) is 0 Å². The van der Waals surface area contributed by atoms with Gasteiger partial charge in [0.2, 0.25) is 0 Å². The number of hydrogen-bond donors (Lipinski definition) is 0. The second-order valence-electron chi connectivity index (χ2n) is 1.39. The topological polar surface area (TPSA) is 0 Å². The molecule has 0 atom stereocenters. The maximum absolute atomic E-state index is 4.17. The summed E-state index contributed by atoms with van der Waals surface area (Å²) >= 11 is 1.13. The van der Waals surface area contributed by atoms with Gasteiger partial charge in [-0.15, -0.1) is 0 Å². The van der Waals surface area contributed by atoms with E-state index in [0.717, 1.165) is 20.6 Å². The molecular weight excluding hydrogens is 199 g/mol. The Bertz CT molecular complexity index is 18.8. The van der Waals surface area contributed by atoms with Gasteiger partial charge in [-0.25, -0.2) is 0 Å². The molecule has 2 heteroatoms. The first-order valence-electron chi connectivity index (χ1n) is 1.77. The van der Waals surface area contributed by atoms with Crippen LogP contribution < -0.4 is 0 Å². The molecule has 0 saturated carbocycles. The van der Waals surface area contributed by atoms with Crippen LogP contribution in [-0.4, -0.2) is 20.6 Å². The predicted octanol–water partition coefficient (Wildman–Crippen LogP) is 1.74. The van der Waals surface area contributed by atoms with Gasteiger partial charge >= 0.3 is 29.9 Å². The van der Waals surface area contributed by atoms with Crippen molar-refractivity contribution in [2.24, 2.45) is 5.92 Å². The van der Waals surface area contributed by atoms with E-state index in [9.17, 15) is 0 Å². The third kappa shape index (κ3) is 78.1. The summed E-state index contributed by atoms with van der Waals surface area (Å²) in [6, 6.07) is 0. The van der Waals surface area contributed by atoms with E-state index in [2.05, 4.69) is 30.1 Å². The first kappa shape index (κ1) is 10.1. The summed E-state index contributed by atoms with van der Waals surface area (Å²) < 4.78 is 0. The van der Waals surface area contributed by atoms with Gasteiger partial charge in [-0.2, -0.15) is 0 Å². The number of hydrogen-bond acceptors (Lipinski definition) is 1. The first-order chi connectivity index (χ1) is 2.73. The standard InChI is InChI=1S/C4H9.S.Sn/c1-4(2)3;;/h4H,1H2,2-3H3;;. The minimum atomic E-state index is 0.583. The van der Waals surface area contributed by atoms with Crippen LogP contribution in [0.15, 0.2) is 0 Å². The average molecular weight is 208 g/mol. The van der Waals surface area contributed by atoms with Crippen molar-refractivity contribution in [1.29, 1.82) is 0 Å². The zero-order valence-electron chi connectivity index (χ0n) is 4.19. The monoisotopic (exact) mass is 209 g/mol. The van der Waals surface area contributed by atoms with Gasteiger partial charge < -0.3 is 0 Å². The van der Waals surface area contributed by atoms with E-state index in [1.165, 1.54) is 0 Å². The van der Waals surface area contributed by atoms with E-state index in [4.69, 9.17) is 0 Å². The van der Waals surface area contributed by atoms with E-state index in [1.807, 2.05) is 0 Å². The fourth-order valence-electron chi connectivity index (χ4n) is 0. The molecular formula is C4H9SSn. The van der Waals surface area contributed by atoms with Crippen LogP contribution >= 0.6 is 9.29 Å². The molecule has 0 amide bonds. The quantitative estimate of drug-likeness (QED) is 0.546. The summed E-state index contributed by atoms with van der Waals surface area (Å²) in [5, 5.41) is 0. The fraction of sp³-hybridized carbons (Fsp3) is 0.750. The van der Waals surface area contributed by atoms with E-state index in [1.54, 1.807) is 0 Å². The van der Waals surface area contributed by atoms with Crippen LogP contribution in [-0.2, 0) is 0 Å². The zero-order valence-corrected chi connectivity index (χ0v) is 7.86. The molecule has 0 aromatic carbocycles.